The van der Waals surface area contributed by atoms with E-state index in [0.29, 0.717) is 37.5 Å². The number of nitrogens with zero attached hydrogens (tertiary/aromatic N) is 2. The van der Waals surface area contributed by atoms with Crippen molar-refractivity contribution in [3.8, 4) is 0 Å². The van der Waals surface area contributed by atoms with Gasteiger partial charge in [0.2, 0.25) is 17.7 Å². The summed E-state index contributed by atoms with van der Waals surface area (Å²) in [5, 5.41) is 5.62. The predicted octanol–water partition coefficient (Wildman–Crippen LogP) is 2.73. The number of amides is 3. The third-order valence-electron chi connectivity index (χ3n) is 7.93. The number of hydrogen-bond donors (Lipinski definition) is 3. The summed E-state index contributed by atoms with van der Waals surface area (Å²) in [6.45, 7) is 0.550. The number of aryl methyl sites for hydroxylation is 1. The van der Waals surface area contributed by atoms with E-state index in [2.05, 4.69) is 15.6 Å². The van der Waals surface area contributed by atoms with E-state index in [1.54, 1.807) is 36.5 Å². The van der Waals surface area contributed by atoms with E-state index in [1.165, 1.54) is 25.5 Å². The van der Waals surface area contributed by atoms with Crippen LogP contribution in [-0.4, -0.2) is 53.3 Å². The summed E-state index contributed by atoms with van der Waals surface area (Å²) in [6, 6.07) is 5.43. The van der Waals surface area contributed by atoms with Gasteiger partial charge in [-0.15, -0.1) is 0 Å². The van der Waals surface area contributed by atoms with Crippen molar-refractivity contribution in [2.75, 3.05) is 13.6 Å². The van der Waals surface area contributed by atoms with Gasteiger partial charge in [-0.25, -0.2) is 0 Å². The SMILES string of the molecule is CNC(=O)[C@H](CCc1ccncc1)NC(=O)[C@@H]1CC(C2CCCCC2)CN1C(=O)CC(N)c1ccco1. The number of nitrogens with one attached hydrogen (secondary N) is 2. The zero-order valence-electron chi connectivity index (χ0n) is 21.6. The van der Waals surface area contributed by atoms with Crippen LogP contribution in [0.1, 0.15) is 68.7 Å². The number of furan rings is 1. The molecule has 3 amide bonds. The van der Waals surface area contributed by atoms with Crippen molar-refractivity contribution in [3.05, 3.63) is 54.2 Å². The Morgan fingerprint density at radius 2 is 1.89 bits per heavy atom. The van der Waals surface area contributed by atoms with Crippen LogP contribution in [0.4, 0.5) is 0 Å². The number of nitrogens with two attached hydrogens (primary N) is 1. The van der Waals surface area contributed by atoms with E-state index in [1.807, 2.05) is 12.1 Å². The molecule has 2 aromatic rings. The van der Waals surface area contributed by atoms with Gasteiger partial charge in [0.15, 0.2) is 0 Å². The highest BCUT2D eigenvalue weighted by molar-refractivity contribution is 5.92. The highest BCUT2D eigenvalue weighted by Gasteiger charge is 2.43. The second-order valence-electron chi connectivity index (χ2n) is 10.4. The Kier molecular flexibility index (Phi) is 9.33. The largest absolute Gasteiger partial charge is 0.468 e. The first kappa shape index (κ1) is 26.9. The molecule has 9 nitrogen and oxygen atoms in total. The molecule has 1 aliphatic carbocycles. The van der Waals surface area contributed by atoms with Gasteiger partial charge in [0, 0.05) is 32.4 Å². The van der Waals surface area contributed by atoms with E-state index in [-0.39, 0.29) is 30.1 Å². The molecule has 2 unspecified atom stereocenters. The van der Waals surface area contributed by atoms with Crippen molar-refractivity contribution in [2.24, 2.45) is 17.6 Å². The highest BCUT2D eigenvalue weighted by atomic mass is 16.3. The van der Waals surface area contributed by atoms with Gasteiger partial charge in [0.25, 0.3) is 0 Å². The first-order valence-electron chi connectivity index (χ1n) is 13.5. The molecule has 0 spiro atoms. The van der Waals surface area contributed by atoms with Crippen LogP contribution in [-0.2, 0) is 20.8 Å². The average molecular weight is 510 g/mol. The molecule has 9 heteroatoms. The fourth-order valence-electron chi connectivity index (χ4n) is 5.82. The maximum atomic E-state index is 13.6. The Bertz CT molecular complexity index is 1020. The Hall–Kier alpha value is -3.20. The van der Waals surface area contributed by atoms with E-state index in [0.717, 1.165) is 18.4 Å². The fraction of sp³-hybridized carbons (Fsp3) is 0.571. The number of carbonyl (C=O) groups is 3. The van der Waals surface area contributed by atoms with Crippen LogP contribution in [0.2, 0.25) is 0 Å². The molecule has 0 aromatic carbocycles. The minimum Gasteiger partial charge on any atom is -0.468 e. The molecule has 0 radical (unpaired) electrons. The number of carbonyl (C=O) groups excluding carboxylic acids is 3. The maximum absolute atomic E-state index is 13.6. The first-order chi connectivity index (χ1) is 18.0. The van der Waals surface area contributed by atoms with Gasteiger partial charge < -0.3 is 25.7 Å². The predicted molar refractivity (Wildman–Crippen MR) is 139 cm³/mol. The molecule has 2 aliphatic rings. The monoisotopic (exact) mass is 509 g/mol. The van der Waals surface area contributed by atoms with Crippen molar-refractivity contribution in [1.82, 2.24) is 20.5 Å². The van der Waals surface area contributed by atoms with E-state index < -0.39 is 18.1 Å². The molecule has 200 valence electrons. The Morgan fingerprint density at radius 1 is 1.14 bits per heavy atom. The van der Waals surface area contributed by atoms with Crippen molar-refractivity contribution in [2.45, 2.75) is 75.9 Å². The minimum atomic E-state index is -0.693. The smallest absolute Gasteiger partial charge is 0.243 e. The Balaban J connectivity index is 1.46. The summed E-state index contributed by atoms with van der Waals surface area (Å²) in [5.74, 6) is 0.657. The molecule has 3 heterocycles. The van der Waals surface area contributed by atoms with Crippen LogP contribution in [0.25, 0.3) is 0 Å². The van der Waals surface area contributed by atoms with Crippen molar-refractivity contribution < 1.29 is 18.8 Å². The molecule has 4 atom stereocenters. The molecule has 4 N–H and O–H groups in total. The summed E-state index contributed by atoms with van der Waals surface area (Å²) in [5.41, 5.74) is 7.28. The van der Waals surface area contributed by atoms with Gasteiger partial charge in [0.05, 0.1) is 12.3 Å². The van der Waals surface area contributed by atoms with Crippen LogP contribution in [0, 0.1) is 11.8 Å². The zero-order valence-corrected chi connectivity index (χ0v) is 21.6. The number of likely N-dealkylation sites (tertiary alicyclic amines) is 1. The molecule has 1 aliphatic heterocycles. The highest BCUT2D eigenvalue weighted by Crippen LogP contribution is 2.38. The van der Waals surface area contributed by atoms with E-state index in [4.69, 9.17) is 10.2 Å². The van der Waals surface area contributed by atoms with Crippen LogP contribution < -0.4 is 16.4 Å². The maximum Gasteiger partial charge on any atom is 0.243 e. The van der Waals surface area contributed by atoms with Gasteiger partial charge in [-0.3, -0.25) is 19.4 Å². The topological polar surface area (TPSA) is 131 Å². The lowest BCUT2D eigenvalue weighted by Gasteiger charge is -2.28. The molecule has 1 saturated carbocycles. The van der Waals surface area contributed by atoms with Crippen molar-refractivity contribution >= 4 is 17.7 Å². The summed E-state index contributed by atoms with van der Waals surface area (Å²) in [6.07, 6.45) is 12.6. The number of rotatable bonds is 10. The number of pyridine rings is 1. The van der Waals surface area contributed by atoms with Gasteiger partial charge in [-0.1, -0.05) is 32.1 Å². The number of likely N-dealkylation sites (N-methyl/N-ethyl adjacent to an activating group) is 1. The molecule has 37 heavy (non-hydrogen) atoms. The van der Waals surface area contributed by atoms with Gasteiger partial charge in [-0.05, 0) is 60.9 Å². The third-order valence-corrected chi connectivity index (χ3v) is 7.93. The standard InChI is InChI=1S/C28H39N5O4/c1-30-27(35)23(10-9-19-11-13-31-14-12-19)32-28(36)24-16-21(20-6-3-2-4-7-20)18-33(24)26(34)17-22(29)25-8-5-15-37-25/h5,8,11-15,20-24H,2-4,6-7,9-10,16-18,29H2,1H3,(H,30,35)(H,32,36)/t21?,22?,23-,24-/m0/s1. The van der Waals surface area contributed by atoms with Gasteiger partial charge in [0.1, 0.15) is 17.8 Å². The normalized spacial score (nSPS) is 21.8. The summed E-state index contributed by atoms with van der Waals surface area (Å²) in [4.78, 5) is 45.4. The van der Waals surface area contributed by atoms with Crippen LogP contribution in [0.5, 0.6) is 0 Å². The second kappa shape index (κ2) is 12.9. The molecule has 1 saturated heterocycles. The fourth-order valence-corrected chi connectivity index (χ4v) is 5.82. The third kappa shape index (κ3) is 6.97. The Morgan fingerprint density at radius 3 is 2.57 bits per heavy atom. The first-order valence-corrected chi connectivity index (χ1v) is 13.5. The van der Waals surface area contributed by atoms with Crippen molar-refractivity contribution in [1.29, 1.82) is 0 Å². The Labute approximate surface area is 218 Å². The summed E-state index contributed by atoms with van der Waals surface area (Å²) in [7, 11) is 1.56. The van der Waals surface area contributed by atoms with Gasteiger partial charge in [-0.2, -0.15) is 0 Å². The molecular weight excluding hydrogens is 470 g/mol. The van der Waals surface area contributed by atoms with Crippen LogP contribution in [0.15, 0.2) is 47.3 Å². The zero-order chi connectivity index (χ0) is 26.2. The van der Waals surface area contributed by atoms with E-state index in [9.17, 15) is 14.4 Å². The van der Waals surface area contributed by atoms with Crippen LogP contribution >= 0.6 is 0 Å². The quantitative estimate of drug-likeness (QED) is 0.451. The lowest BCUT2D eigenvalue weighted by Crippen LogP contribution is -2.53. The molecule has 4 rings (SSSR count). The van der Waals surface area contributed by atoms with E-state index >= 15 is 0 Å². The van der Waals surface area contributed by atoms with Gasteiger partial charge >= 0.3 is 0 Å². The number of hydrogen-bond acceptors (Lipinski definition) is 6. The molecule has 0 bridgehead atoms. The molecular formula is C28H39N5O4. The molecule has 2 fully saturated rings. The lowest BCUT2D eigenvalue weighted by atomic mass is 9.79. The van der Waals surface area contributed by atoms with Crippen molar-refractivity contribution in [3.63, 3.8) is 0 Å². The average Bonchev–Trinajstić information content (AvgIpc) is 3.63. The summed E-state index contributed by atoms with van der Waals surface area (Å²) >= 11 is 0. The second-order valence-corrected chi connectivity index (χ2v) is 10.4. The van der Waals surface area contributed by atoms with Crippen LogP contribution in [0.3, 0.4) is 0 Å². The lowest BCUT2D eigenvalue weighted by molar-refractivity contribution is -0.139. The number of aromatic nitrogens is 1. The summed E-state index contributed by atoms with van der Waals surface area (Å²) < 4.78 is 5.38. The molecule has 2 aromatic heterocycles. The minimum absolute atomic E-state index is 0.0651.